The summed E-state index contributed by atoms with van der Waals surface area (Å²) in [6.45, 7) is 0.296. The highest BCUT2D eigenvalue weighted by molar-refractivity contribution is 5.92. The molecule has 2 amide bonds. The van der Waals surface area contributed by atoms with Crippen LogP contribution in [-0.4, -0.2) is 49.6 Å². The van der Waals surface area contributed by atoms with Crippen LogP contribution < -0.4 is 11.1 Å². The Kier molecular flexibility index (Phi) is 7.47. The number of primary amides is 1. The summed E-state index contributed by atoms with van der Waals surface area (Å²) in [7, 11) is 3.76. The predicted molar refractivity (Wildman–Crippen MR) is 121 cm³/mol. The Hall–Kier alpha value is -2.87. The van der Waals surface area contributed by atoms with E-state index in [0.717, 1.165) is 5.56 Å². The van der Waals surface area contributed by atoms with Gasteiger partial charge in [-0.3, -0.25) is 9.59 Å². The highest BCUT2D eigenvalue weighted by atomic mass is 19.4. The quantitative estimate of drug-likeness (QED) is 0.564. The number of nitrogens with one attached hydrogen (secondary N) is 1. The minimum absolute atomic E-state index is 0.0466. The summed E-state index contributed by atoms with van der Waals surface area (Å²) in [5.41, 5.74) is 5.37. The lowest BCUT2D eigenvalue weighted by atomic mass is 9.80. The smallest absolute Gasteiger partial charge is 0.366 e. The van der Waals surface area contributed by atoms with E-state index in [1.165, 1.54) is 0 Å². The van der Waals surface area contributed by atoms with Crippen molar-refractivity contribution in [1.29, 1.82) is 0 Å². The third kappa shape index (κ3) is 5.93. The van der Waals surface area contributed by atoms with E-state index in [4.69, 9.17) is 5.73 Å². The predicted octanol–water partition coefficient (Wildman–Crippen LogP) is 3.89. The van der Waals surface area contributed by atoms with Crippen LogP contribution in [0.25, 0.3) is 0 Å². The summed E-state index contributed by atoms with van der Waals surface area (Å²) >= 11 is 0. The van der Waals surface area contributed by atoms with Crippen LogP contribution in [0, 0.1) is 5.41 Å². The van der Waals surface area contributed by atoms with Gasteiger partial charge in [0.1, 0.15) is 0 Å². The second-order valence-electron chi connectivity index (χ2n) is 9.01. The van der Waals surface area contributed by atoms with E-state index in [0.29, 0.717) is 24.1 Å². The first-order valence-electron chi connectivity index (χ1n) is 11.0. The van der Waals surface area contributed by atoms with Crippen LogP contribution >= 0.6 is 0 Å². The summed E-state index contributed by atoms with van der Waals surface area (Å²) in [5.74, 6) is -1.80. The number of amides is 2. The van der Waals surface area contributed by atoms with Crippen LogP contribution in [0.4, 0.5) is 13.2 Å². The van der Waals surface area contributed by atoms with Crippen molar-refractivity contribution >= 4 is 11.8 Å². The Labute approximate surface area is 192 Å². The largest absolute Gasteiger partial charge is 0.395 e. The fraction of sp³-hybridized carbons (Fsp3) is 0.440. The minimum atomic E-state index is -4.35. The average Bonchev–Trinajstić information content (AvgIpc) is 3.57. The third-order valence-electron chi connectivity index (χ3n) is 6.59. The Balaban J connectivity index is 1.66. The topological polar surface area (TPSA) is 75.4 Å². The van der Waals surface area contributed by atoms with E-state index in [9.17, 15) is 22.8 Å². The van der Waals surface area contributed by atoms with Gasteiger partial charge in [-0.2, -0.15) is 13.2 Å². The van der Waals surface area contributed by atoms with Crippen molar-refractivity contribution < 1.29 is 22.8 Å². The fourth-order valence-corrected chi connectivity index (χ4v) is 4.29. The molecular weight excluding hydrogens is 431 g/mol. The first-order chi connectivity index (χ1) is 15.5. The number of hydrogen-bond acceptors (Lipinski definition) is 3. The lowest BCUT2D eigenvalue weighted by molar-refractivity contribution is -0.194. The molecule has 3 N–H and O–H groups in total. The molecule has 1 aliphatic carbocycles. The number of carbonyl (C=O) groups excluding carboxylic acids is 2. The molecule has 0 aliphatic heterocycles. The minimum Gasteiger partial charge on any atom is -0.366 e. The molecule has 0 unspecified atom stereocenters. The molecule has 1 fully saturated rings. The Morgan fingerprint density at radius 1 is 1.06 bits per heavy atom. The summed E-state index contributed by atoms with van der Waals surface area (Å²) in [4.78, 5) is 26.0. The number of alkyl halides is 3. The Morgan fingerprint density at radius 3 is 2.15 bits per heavy atom. The molecule has 0 heterocycles. The summed E-state index contributed by atoms with van der Waals surface area (Å²) in [6, 6.07) is 15.4. The lowest BCUT2D eigenvalue weighted by Crippen LogP contribution is -2.42. The van der Waals surface area contributed by atoms with Gasteiger partial charge in [0.25, 0.3) is 0 Å². The van der Waals surface area contributed by atoms with E-state index in [1.807, 2.05) is 31.1 Å². The van der Waals surface area contributed by atoms with Crippen molar-refractivity contribution in [3.8, 4) is 0 Å². The maximum absolute atomic E-state index is 13.9. The molecule has 0 aromatic heterocycles. The lowest BCUT2D eigenvalue weighted by Gasteiger charge is -2.30. The zero-order chi connectivity index (χ0) is 24.2. The van der Waals surface area contributed by atoms with E-state index >= 15 is 0 Å². The number of rotatable bonds is 10. The van der Waals surface area contributed by atoms with Gasteiger partial charge in [-0.15, -0.1) is 0 Å². The van der Waals surface area contributed by atoms with Gasteiger partial charge in [0.15, 0.2) is 0 Å². The number of nitrogens with zero attached hydrogens (tertiary/aromatic N) is 1. The van der Waals surface area contributed by atoms with Gasteiger partial charge in [-0.1, -0.05) is 42.5 Å². The second kappa shape index (κ2) is 9.95. The summed E-state index contributed by atoms with van der Waals surface area (Å²) < 4.78 is 41.6. The molecule has 2 atom stereocenters. The molecule has 0 saturated heterocycles. The molecule has 0 spiro atoms. The Morgan fingerprint density at radius 2 is 1.67 bits per heavy atom. The molecule has 2 aromatic rings. The van der Waals surface area contributed by atoms with Gasteiger partial charge >= 0.3 is 6.18 Å². The van der Waals surface area contributed by atoms with Crippen molar-refractivity contribution in [3.63, 3.8) is 0 Å². The second-order valence-corrected chi connectivity index (χ2v) is 9.01. The molecule has 0 bridgehead atoms. The van der Waals surface area contributed by atoms with E-state index in [-0.39, 0.29) is 25.3 Å². The summed E-state index contributed by atoms with van der Waals surface area (Å²) in [5, 5.41) is 2.84. The monoisotopic (exact) mass is 461 g/mol. The van der Waals surface area contributed by atoms with Crippen molar-refractivity contribution in [2.24, 2.45) is 11.1 Å². The number of halogens is 3. The highest BCUT2D eigenvalue weighted by Crippen LogP contribution is 2.66. The van der Waals surface area contributed by atoms with Crippen LogP contribution in [0.2, 0.25) is 0 Å². The first kappa shape index (κ1) is 24.8. The van der Waals surface area contributed by atoms with Gasteiger partial charge in [-0.05, 0) is 56.6 Å². The van der Waals surface area contributed by atoms with Crippen molar-refractivity contribution in [2.75, 3.05) is 20.6 Å². The highest BCUT2D eigenvalue weighted by Gasteiger charge is 2.67. The molecule has 2 aromatic carbocycles. The zero-order valence-electron chi connectivity index (χ0n) is 18.9. The number of likely N-dealkylation sites (N-methyl/N-ethyl adjacent to an activating group) is 1. The van der Waals surface area contributed by atoms with Gasteiger partial charge < -0.3 is 16.0 Å². The van der Waals surface area contributed by atoms with E-state index < -0.39 is 29.3 Å². The molecular formula is C25H30F3N3O2. The normalized spacial score (nSPS) is 16.8. The SMILES string of the molecule is CN(C)[C@H](CNC(=O)C[C@H](c1ccccc1)C1(C(F)(F)F)CC1)Cc1ccc(C(N)=O)cc1. The van der Waals surface area contributed by atoms with Crippen molar-refractivity contribution in [1.82, 2.24) is 10.2 Å². The molecule has 33 heavy (non-hydrogen) atoms. The maximum atomic E-state index is 13.9. The maximum Gasteiger partial charge on any atom is 0.395 e. The van der Waals surface area contributed by atoms with E-state index in [1.54, 1.807) is 42.5 Å². The van der Waals surface area contributed by atoms with Gasteiger partial charge in [0, 0.05) is 30.5 Å². The molecule has 8 heteroatoms. The average molecular weight is 462 g/mol. The third-order valence-corrected chi connectivity index (χ3v) is 6.59. The van der Waals surface area contributed by atoms with Crippen molar-refractivity contribution in [3.05, 3.63) is 71.3 Å². The van der Waals surface area contributed by atoms with Crippen LogP contribution in [0.15, 0.2) is 54.6 Å². The number of benzene rings is 2. The zero-order valence-corrected chi connectivity index (χ0v) is 18.9. The van der Waals surface area contributed by atoms with Crippen LogP contribution in [0.1, 0.15) is 46.7 Å². The van der Waals surface area contributed by atoms with Crippen LogP contribution in [-0.2, 0) is 11.2 Å². The van der Waals surface area contributed by atoms with Gasteiger partial charge in [-0.25, -0.2) is 0 Å². The van der Waals surface area contributed by atoms with Gasteiger partial charge in [0.05, 0.1) is 5.41 Å². The first-order valence-corrected chi connectivity index (χ1v) is 11.0. The molecule has 1 saturated carbocycles. The standard InChI is InChI=1S/C25H30F3N3O2/c1-31(2)20(14-17-8-10-19(11-9-17)23(29)33)16-30-22(32)15-21(18-6-4-3-5-7-18)24(12-13-24)25(26,27)28/h3-11,20-21H,12-16H2,1-2H3,(H2,29,33)(H,30,32)/t20-,21+/m0/s1. The molecule has 3 rings (SSSR count). The summed E-state index contributed by atoms with van der Waals surface area (Å²) in [6.07, 6.45) is -3.87. The molecule has 178 valence electrons. The molecule has 0 radical (unpaired) electrons. The Bertz CT molecular complexity index is 955. The van der Waals surface area contributed by atoms with Crippen LogP contribution in [0.3, 0.4) is 0 Å². The number of hydrogen-bond donors (Lipinski definition) is 2. The van der Waals surface area contributed by atoms with Crippen molar-refractivity contribution in [2.45, 2.75) is 43.8 Å². The number of nitrogens with two attached hydrogens (primary N) is 1. The van der Waals surface area contributed by atoms with Gasteiger partial charge in [0.2, 0.25) is 11.8 Å². The van der Waals surface area contributed by atoms with E-state index in [2.05, 4.69) is 5.32 Å². The number of carbonyl (C=O) groups is 2. The molecule has 5 nitrogen and oxygen atoms in total. The molecule has 1 aliphatic rings. The van der Waals surface area contributed by atoms with Crippen LogP contribution in [0.5, 0.6) is 0 Å². The fourth-order valence-electron chi connectivity index (χ4n) is 4.29.